The lowest BCUT2D eigenvalue weighted by atomic mass is 10.1. The number of furan rings is 1. The molecule has 1 atom stereocenters. The lowest BCUT2D eigenvalue weighted by molar-refractivity contribution is -0.121. The van der Waals surface area contributed by atoms with Crippen LogP contribution >= 0.6 is 0 Å². The predicted octanol–water partition coefficient (Wildman–Crippen LogP) is 3.71. The number of hydrogen-bond acceptors (Lipinski definition) is 2. The van der Waals surface area contributed by atoms with E-state index in [9.17, 15) is 4.79 Å². The van der Waals surface area contributed by atoms with E-state index in [1.54, 1.807) is 0 Å². The number of benzene rings is 1. The molecule has 0 saturated heterocycles. The summed E-state index contributed by atoms with van der Waals surface area (Å²) in [5.41, 5.74) is 2.42. The smallest absolute Gasteiger partial charge is 0.220 e. The molecule has 0 aliphatic carbocycles. The Kier molecular flexibility index (Phi) is 4.61. The van der Waals surface area contributed by atoms with Crippen molar-refractivity contribution in [2.45, 2.75) is 39.7 Å². The van der Waals surface area contributed by atoms with Gasteiger partial charge in [-0.15, -0.1) is 0 Å². The first-order valence-electron chi connectivity index (χ1n) is 6.96. The van der Waals surface area contributed by atoms with E-state index in [4.69, 9.17) is 4.42 Å². The summed E-state index contributed by atoms with van der Waals surface area (Å²) in [5, 5.41) is 2.96. The first kappa shape index (κ1) is 14.4. The molecule has 1 aromatic heterocycles. The Morgan fingerprint density at radius 2 is 2.05 bits per heavy atom. The Morgan fingerprint density at radius 3 is 2.70 bits per heavy atom. The largest absolute Gasteiger partial charge is 0.464 e. The van der Waals surface area contributed by atoms with Crippen LogP contribution in [0, 0.1) is 13.8 Å². The van der Waals surface area contributed by atoms with Crippen molar-refractivity contribution in [2.75, 3.05) is 0 Å². The van der Waals surface area contributed by atoms with E-state index in [1.807, 2.05) is 32.0 Å². The van der Waals surface area contributed by atoms with Gasteiger partial charge >= 0.3 is 0 Å². The maximum Gasteiger partial charge on any atom is 0.220 e. The van der Waals surface area contributed by atoms with E-state index >= 15 is 0 Å². The molecule has 0 spiro atoms. The van der Waals surface area contributed by atoms with Gasteiger partial charge in [0.25, 0.3) is 0 Å². The quantitative estimate of drug-likeness (QED) is 0.900. The van der Waals surface area contributed by atoms with Crippen molar-refractivity contribution in [3.8, 4) is 0 Å². The van der Waals surface area contributed by atoms with Gasteiger partial charge in [-0.3, -0.25) is 4.79 Å². The highest BCUT2D eigenvalue weighted by Crippen LogP contribution is 2.15. The third-order valence-corrected chi connectivity index (χ3v) is 3.29. The fourth-order valence-corrected chi connectivity index (χ4v) is 2.20. The highest BCUT2D eigenvalue weighted by molar-refractivity contribution is 5.76. The second-order valence-corrected chi connectivity index (χ2v) is 5.23. The Hall–Kier alpha value is -2.03. The zero-order chi connectivity index (χ0) is 14.5. The van der Waals surface area contributed by atoms with Crippen molar-refractivity contribution in [3.05, 3.63) is 59.0 Å². The van der Waals surface area contributed by atoms with Crippen LogP contribution in [-0.2, 0) is 11.2 Å². The molecule has 0 aliphatic heterocycles. The third kappa shape index (κ3) is 3.98. The number of rotatable bonds is 5. The molecular weight excluding hydrogens is 250 g/mol. The van der Waals surface area contributed by atoms with Gasteiger partial charge in [-0.2, -0.15) is 0 Å². The van der Waals surface area contributed by atoms with Crippen molar-refractivity contribution in [2.24, 2.45) is 0 Å². The molecule has 1 N–H and O–H groups in total. The van der Waals surface area contributed by atoms with Crippen LogP contribution in [0.15, 0.2) is 40.8 Å². The Morgan fingerprint density at radius 1 is 1.25 bits per heavy atom. The van der Waals surface area contributed by atoms with Gasteiger partial charge < -0.3 is 9.73 Å². The highest BCUT2D eigenvalue weighted by atomic mass is 16.3. The van der Waals surface area contributed by atoms with Gasteiger partial charge in [-0.25, -0.2) is 0 Å². The van der Waals surface area contributed by atoms with Crippen LogP contribution in [0.2, 0.25) is 0 Å². The van der Waals surface area contributed by atoms with Crippen LogP contribution in [0.3, 0.4) is 0 Å². The molecule has 0 saturated carbocycles. The summed E-state index contributed by atoms with van der Waals surface area (Å²) in [6.07, 6.45) is 1.25. The molecule has 1 unspecified atom stereocenters. The van der Waals surface area contributed by atoms with Gasteiger partial charge in [0, 0.05) is 6.42 Å². The summed E-state index contributed by atoms with van der Waals surface area (Å²) in [6.45, 7) is 5.89. The summed E-state index contributed by atoms with van der Waals surface area (Å²) in [5.74, 6) is 1.71. The molecular formula is C17H21NO2. The molecule has 106 valence electrons. The van der Waals surface area contributed by atoms with E-state index in [2.05, 4.69) is 30.4 Å². The van der Waals surface area contributed by atoms with Gasteiger partial charge in [-0.05, 0) is 44.9 Å². The van der Waals surface area contributed by atoms with E-state index in [-0.39, 0.29) is 11.9 Å². The zero-order valence-corrected chi connectivity index (χ0v) is 12.3. The molecule has 0 aliphatic rings. The van der Waals surface area contributed by atoms with Crippen LogP contribution in [0.4, 0.5) is 0 Å². The lowest BCUT2D eigenvalue weighted by Gasteiger charge is -2.11. The SMILES string of the molecule is Cc1cccc(CCC(=O)NC(C)c2ccc(C)o2)c1. The summed E-state index contributed by atoms with van der Waals surface area (Å²) in [7, 11) is 0. The van der Waals surface area contributed by atoms with Crippen molar-refractivity contribution >= 4 is 5.91 Å². The molecule has 3 heteroatoms. The molecule has 0 fully saturated rings. The minimum absolute atomic E-state index is 0.0491. The summed E-state index contributed by atoms with van der Waals surface area (Å²) >= 11 is 0. The fraction of sp³-hybridized carbons (Fsp3) is 0.353. The average molecular weight is 271 g/mol. The average Bonchev–Trinajstić information content (AvgIpc) is 2.83. The van der Waals surface area contributed by atoms with Gasteiger partial charge in [0.15, 0.2) is 0 Å². The molecule has 3 nitrogen and oxygen atoms in total. The van der Waals surface area contributed by atoms with Crippen LogP contribution in [-0.4, -0.2) is 5.91 Å². The molecule has 1 aromatic carbocycles. The number of aryl methyl sites for hydroxylation is 3. The van der Waals surface area contributed by atoms with E-state index in [0.29, 0.717) is 6.42 Å². The molecule has 0 bridgehead atoms. The molecule has 1 heterocycles. The second kappa shape index (κ2) is 6.42. The summed E-state index contributed by atoms with van der Waals surface area (Å²) in [6, 6.07) is 12.0. The normalized spacial score (nSPS) is 12.2. The van der Waals surface area contributed by atoms with Crippen LogP contribution < -0.4 is 5.32 Å². The minimum atomic E-state index is -0.0892. The number of carbonyl (C=O) groups excluding carboxylic acids is 1. The first-order valence-corrected chi connectivity index (χ1v) is 6.96. The maximum atomic E-state index is 11.9. The predicted molar refractivity (Wildman–Crippen MR) is 79.5 cm³/mol. The third-order valence-electron chi connectivity index (χ3n) is 3.29. The van der Waals surface area contributed by atoms with E-state index in [1.165, 1.54) is 11.1 Å². The van der Waals surface area contributed by atoms with Crippen LogP contribution in [0.25, 0.3) is 0 Å². The minimum Gasteiger partial charge on any atom is -0.464 e. The summed E-state index contributed by atoms with van der Waals surface area (Å²) in [4.78, 5) is 11.9. The molecule has 2 rings (SSSR count). The molecule has 0 radical (unpaired) electrons. The van der Waals surface area contributed by atoms with E-state index in [0.717, 1.165) is 17.9 Å². The topological polar surface area (TPSA) is 42.2 Å². The van der Waals surface area contributed by atoms with Crippen molar-refractivity contribution in [3.63, 3.8) is 0 Å². The van der Waals surface area contributed by atoms with Gasteiger partial charge in [0.05, 0.1) is 6.04 Å². The Bertz CT molecular complexity index is 586. The first-order chi connectivity index (χ1) is 9.54. The van der Waals surface area contributed by atoms with Crippen molar-refractivity contribution in [1.82, 2.24) is 5.32 Å². The summed E-state index contributed by atoms with van der Waals surface area (Å²) < 4.78 is 5.51. The van der Waals surface area contributed by atoms with Gasteiger partial charge in [0.2, 0.25) is 5.91 Å². The second-order valence-electron chi connectivity index (χ2n) is 5.23. The van der Waals surface area contributed by atoms with Crippen LogP contribution in [0.1, 0.15) is 42.0 Å². The maximum absolute atomic E-state index is 11.9. The van der Waals surface area contributed by atoms with Crippen molar-refractivity contribution < 1.29 is 9.21 Å². The standard InChI is InChI=1S/C17H21NO2/c1-12-5-4-6-15(11-12)8-10-17(19)18-14(3)16-9-7-13(2)20-16/h4-7,9,11,14H,8,10H2,1-3H3,(H,18,19). The number of amides is 1. The van der Waals surface area contributed by atoms with E-state index < -0.39 is 0 Å². The van der Waals surface area contributed by atoms with Gasteiger partial charge in [-0.1, -0.05) is 29.8 Å². The van der Waals surface area contributed by atoms with Crippen molar-refractivity contribution in [1.29, 1.82) is 0 Å². The zero-order valence-electron chi connectivity index (χ0n) is 12.3. The highest BCUT2D eigenvalue weighted by Gasteiger charge is 2.12. The number of hydrogen-bond donors (Lipinski definition) is 1. The fourth-order valence-electron chi connectivity index (χ4n) is 2.20. The molecule has 1 amide bonds. The molecule has 2 aromatic rings. The number of nitrogens with one attached hydrogen (secondary N) is 1. The monoisotopic (exact) mass is 271 g/mol. The van der Waals surface area contributed by atoms with Gasteiger partial charge in [0.1, 0.15) is 11.5 Å². The Balaban J connectivity index is 1.83. The molecule has 20 heavy (non-hydrogen) atoms. The van der Waals surface area contributed by atoms with Crippen LogP contribution in [0.5, 0.6) is 0 Å². The number of carbonyl (C=O) groups is 1. The Labute approximate surface area is 120 Å². The lowest BCUT2D eigenvalue weighted by Crippen LogP contribution is -2.26.